The highest BCUT2D eigenvalue weighted by atomic mass is 32.2. The molecular formula is C22H24N4O2S. The molecule has 1 aromatic heterocycles. The molecule has 3 aromatic rings. The molecule has 7 heteroatoms. The number of hydrogen-bond acceptors (Lipinski definition) is 5. The first kappa shape index (κ1) is 19.5. The Morgan fingerprint density at radius 3 is 2.52 bits per heavy atom. The molecule has 0 radical (unpaired) electrons. The topological polar surface area (TPSA) is 60.3 Å². The summed E-state index contributed by atoms with van der Waals surface area (Å²) in [6.45, 7) is 1.54. The molecule has 1 aliphatic heterocycles. The van der Waals surface area contributed by atoms with Gasteiger partial charge in [0.15, 0.2) is 11.0 Å². The van der Waals surface area contributed by atoms with Crippen LogP contribution in [0.3, 0.4) is 0 Å². The lowest BCUT2D eigenvalue weighted by atomic mass is 10.1. The summed E-state index contributed by atoms with van der Waals surface area (Å²) < 4.78 is 7.40. The summed E-state index contributed by atoms with van der Waals surface area (Å²) in [5.74, 6) is 1.78. The number of nitrogens with zero attached hydrogens (tertiary/aromatic N) is 4. The van der Waals surface area contributed by atoms with Gasteiger partial charge in [0.05, 0.1) is 12.4 Å². The van der Waals surface area contributed by atoms with Crippen LogP contribution in [0, 0.1) is 0 Å². The van der Waals surface area contributed by atoms with Crippen molar-refractivity contribution in [2.75, 3.05) is 20.7 Å². The van der Waals surface area contributed by atoms with E-state index in [4.69, 9.17) is 4.74 Å². The summed E-state index contributed by atoms with van der Waals surface area (Å²) in [6, 6.07) is 18.2. The normalized spacial score (nSPS) is 16.4. The zero-order valence-corrected chi connectivity index (χ0v) is 17.4. The van der Waals surface area contributed by atoms with Crippen molar-refractivity contribution in [1.82, 2.24) is 19.7 Å². The van der Waals surface area contributed by atoms with E-state index in [1.54, 1.807) is 12.0 Å². The van der Waals surface area contributed by atoms with Gasteiger partial charge in [0.1, 0.15) is 5.75 Å². The van der Waals surface area contributed by atoms with Gasteiger partial charge in [0.25, 0.3) is 0 Å². The van der Waals surface area contributed by atoms with Crippen LogP contribution in [0.5, 0.6) is 5.75 Å². The van der Waals surface area contributed by atoms with Gasteiger partial charge < -0.3 is 14.2 Å². The molecular weight excluding hydrogens is 384 g/mol. The van der Waals surface area contributed by atoms with E-state index in [2.05, 4.69) is 39.0 Å². The number of thioether (sulfide) groups is 1. The predicted molar refractivity (Wildman–Crippen MR) is 114 cm³/mol. The Kier molecular flexibility index (Phi) is 5.85. The molecule has 0 N–H and O–H groups in total. The number of methoxy groups -OCH3 is 1. The monoisotopic (exact) mass is 408 g/mol. The summed E-state index contributed by atoms with van der Waals surface area (Å²) in [7, 11) is 3.51. The molecule has 1 aliphatic rings. The first-order valence-corrected chi connectivity index (χ1v) is 10.6. The number of carbonyl (C=O) groups is 1. The Morgan fingerprint density at radius 2 is 1.86 bits per heavy atom. The highest BCUT2D eigenvalue weighted by Gasteiger charge is 2.31. The van der Waals surface area contributed by atoms with Crippen LogP contribution in [0.1, 0.15) is 12.0 Å². The number of hydrogen-bond donors (Lipinski definition) is 0. The van der Waals surface area contributed by atoms with Gasteiger partial charge >= 0.3 is 0 Å². The largest absolute Gasteiger partial charge is 0.497 e. The number of aromatic nitrogens is 3. The van der Waals surface area contributed by atoms with Gasteiger partial charge in [-0.15, -0.1) is 10.2 Å². The lowest BCUT2D eigenvalue weighted by Gasteiger charge is -2.13. The van der Waals surface area contributed by atoms with Crippen molar-refractivity contribution in [2.45, 2.75) is 29.8 Å². The van der Waals surface area contributed by atoms with Crippen LogP contribution in [0.4, 0.5) is 0 Å². The maximum atomic E-state index is 12.4. The molecule has 4 rings (SSSR count). The van der Waals surface area contributed by atoms with Crippen LogP contribution < -0.4 is 4.74 Å². The van der Waals surface area contributed by atoms with Crippen LogP contribution >= 0.6 is 11.8 Å². The van der Waals surface area contributed by atoms with Crippen LogP contribution in [0.2, 0.25) is 0 Å². The van der Waals surface area contributed by atoms with Crippen LogP contribution in [-0.4, -0.2) is 51.5 Å². The molecule has 0 aliphatic carbocycles. The average molecular weight is 409 g/mol. The predicted octanol–water partition coefficient (Wildman–Crippen LogP) is 3.52. The van der Waals surface area contributed by atoms with Crippen molar-refractivity contribution >= 4 is 17.7 Å². The van der Waals surface area contributed by atoms with Crippen molar-refractivity contribution in [3.8, 4) is 17.1 Å². The molecule has 1 unspecified atom stereocenters. The summed E-state index contributed by atoms with van der Waals surface area (Å²) in [6.07, 6.45) is 1.71. The average Bonchev–Trinajstić information content (AvgIpc) is 3.31. The molecule has 150 valence electrons. The Balaban J connectivity index is 1.63. The first-order chi connectivity index (χ1) is 14.2. The van der Waals surface area contributed by atoms with E-state index in [-0.39, 0.29) is 11.2 Å². The zero-order valence-electron chi connectivity index (χ0n) is 16.6. The van der Waals surface area contributed by atoms with Crippen LogP contribution in [-0.2, 0) is 17.8 Å². The summed E-state index contributed by atoms with van der Waals surface area (Å²) in [5.41, 5.74) is 2.24. The van der Waals surface area contributed by atoms with Crippen molar-refractivity contribution < 1.29 is 9.53 Å². The second-order valence-electron chi connectivity index (χ2n) is 7.08. The van der Waals surface area contributed by atoms with Gasteiger partial charge in [0, 0.05) is 25.7 Å². The number of likely N-dealkylation sites (tertiary alicyclic amines) is 1. The number of rotatable bonds is 7. The minimum Gasteiger partial charge on any atom is -0.497 e. The van der Waals surface area contributed by atoms with Gasteiger partial charge in [-0.25, -0.2) is 0 Å². The molecule has 29 heavy (non-hydrogen) atoms. The number of carbonyl (C=O) groups excluding carboxylic acids is 1. The third-order valence-electron chi connectivity index (χ3n) is 5.16. The van der Waals surface area contributed by atoms with E-state index in [0.29, 0.717) is 0 Å². The molecule has 2 aromatic carbocycles. The fourth-order valence-corrected chi connectivity index (χ4v) is 4.60. The van der Waals surface area contributed by atoms with Gasteiger partial charge in [-0.3, -0.25) is 4.79 Å². The molecule has 0 saturated carbocycles. The minimum absolute atomic E-state index is 0.0941. The molecule has 1 fully saturated rings. The third kappa shape index (κ3) is 4.29. The summed E-state index contributed by atoms with van der Waals surface area (Å²) >= 11 is 1.52. The fraction of sp³-hybridized carbons (Fsp3) is 0.318. The van der Waals surface area contributed by atoms with Gasteiger partial charge in [-0.2, -0.15) is 0 Å². The molecule has 6 nitrogen and oxygen atoms in total. The highest BCUT2D eigenvalue weighted by molar-refractivity contribution is 8.00. The second kappa shape index (κ2) is 8.69. The minimum atomic E-state index is -0.0941. The SMILES string of the molecule is COc1ccc(-c2nnc(SC3CCN(C)C3=O)n2CCc2ccccc2)cc1. The van der Waals surface area contributed by atoms with E-state index in [1.807, 2.05) is 37.4 Å². The molecule has 1 saturated heterocycles. The first-order valence-electron chi connectivity index (χ1n) is 9.69. The van der Waals surface area contributed by atoms with Crippen molar-refractivity contribution in [3.63, 3.8) is 0 Å². The molecule has 1 atom stereocenters. The van der Waals surface area contributed by atoms with E-state index < -0.39 is 0 Å². The maximum absolute atomic E-state index is 12.4. The number of aryl methyl sites for hydroxylation is 1. The van der Waals surface area contributed by atoms with Crippen LogP contribution in [0.15, 0.2) is 59.8 Å². The Hall–Kier alpha value is -2.80. The lowest BCUT2D eigenvalue weighted by Crippen LogP contribution is -2.24. The van der Waals surface area contributed by atoms with Crippen molar-refractivity contribution in [3.05, 3.63) is 60.2 Å². The summed E-state index contributed by atoms with van der Waals surface area (Å²) in [4.78, 5) is 14.2. The van der Waals surface area contributed by atoms with Crippen molar-refractivity contribution in [2.24, 2.45) is 0 Å². The molecule has 2 heterocycles. The van der Waals surface area contributed by atoms with E-state index >= 15 is 0 Å². The van der Waals surface area contributed by atoms with Crippen LogP contribution in [0.25, 0.3) is 11.4 Å². The third-order valence-corrected chi connectivity index (χ3v) is 6.39. The van der Waals surface area contributed by atoms with Gasteiger partial charge in [-0.1, -0.05) is 42.1 Å². The van der Waals surface area contributed by atoms with Crippen molar-refractivity contribution in [1.29, 1.82) is 0 Å². The zero-order chi connectivity index (χ0) is 20.2. The van der Waals surface area contributed by atoms with E-state index in [1.165, 1.54) is 17.3 Å². The molecule has 1 amide bonds. The number of benzene rings is 2. The Morgan fingerprint density at radius 1 is 1.10 bits per heavy atom. The van der Waals surface area contributed by atoms with Gasteiger partial charge in [-0.05, 0) is 42.7 Å². The van der Waals surface area contributed by atoms with Gasteiger partial charge in [0.2, 0.25) is 5.91 Å². The highest BCUT2D eigenvalue weighted by Crippen LogP contribution is 2.32. The second-order valence-corrected chi connectivity index (χ2v) is 8.25. The Bertz CT molecular complexity index is 972. The lowest BCUT2D eigenvalue weighted by molar-refractivity contribution is -0.126. The van der Waals surface area contributed by atoms with E-state index in [9.17, 15) is 4.79 Å². The Labute approximate surface area is 174 Å². The molecule has 0 bridgehead atoms. The molecule has 0 spiro atoms. The standard InChI is InChI=1S/C22H24N4O2S/c1-25-14-13-19(21(25)27)29-22-24-23-20(17-8-10-18(28-2)11-9-17)26(22)15-12-16-6-4-3-5-7-16/h3-11,19H,12-15H2,1-2H3. The number of amides is 1. The quantitative estimate of drug-likeness (QED) is 0.599. The maximum Gasteiger partial charge on any atom is 0.235 e. The smallest absolute Gasteiger partial charge is 0.235 e. The number of ether oxygens (including phenoxy) is 1. The fourth-order valence-electron chi connectivity index (χ4n) is 3.44. The van der Waals surface area contributed by atoms with E-state index in [0.717, 1.165) is 48.2 Å². The summed E-state index contributed by atoms with van der Waals surface area (Å²) in [5, 5.41) is 9.61.